The van der Waals surface area contributed by atoms with Gasteiger partial charge < -0.3 is 9.47 Å². The molecule has 0 atom stereocenters. The summed E-state index contributed by atoms with van der Waals surface area (Å²) in [5, 5.41) is 0. The summed E-state index contributed by atoms with van der Waals surface area (Å²) in [5.41, 5.74) is 0.520. The van der Waals surface area contributed by atoms with Gasteiger partial charge in [-0.1, -0.05) is 12.1 Å². The van der Waals surface area contributed by atoms with Crippen LogP contribution in [0.25, 0.3) is 11.3 Å². The normalized spacial score (nSPS) is 11.6. The van der Waals surface area contributed by atoms with E-state index in [-0.39, 0.29) is 33.6 Å². The van der Waals surface area contributed by atoms with Gasteiger partial charge in [0, 0.05) is 11.8 Å². The molecule has 3 rings (SSSR count). The fourth-order valence-corrected chi connectivity index (χ4v) is 3.66. The van der Waals surface area contributed by atoms with Crippen LogP contribution in [0.4, 0.5) is 23.5 Å². The first-order valence-electron chi connectivity index (χ1n) is 8.60. The molecule has 31 heavy (non-hydrogen) atoms. The highest BCUT2D eigenvalue weighted by Crippen LogP contribution is 2.34. The van der Waals surface area contributed by atoms with Gasteiger partial charge >= 0.3 is 13.2 Å². The number of nitrogens with zero attached hydrogens (tertiary/aromatic N) is 2. The third kappa shape index (κ3) is 5.81. The lowest BCUT2D eigenvalue weighted by Crippen LogP contribution is -2.15. The van der Waals surface area contributed by atoms with Crippen LogP contribution in [0.2, 0.25) is 0 Å². The largest absolute Gasteiger partial charge is 0.435 e. The molecule has 0 saturated heterocycles. The predicted molar refractivity (Wildman–Crippen MR) is 103 cm³/mol. The lowest BCUT2D eigenvalue weighted by atomic mass is 10.1. The number of nitrogens with one attached hydrogen (secondary N) is 1. The molecule has 0 fully saturated rings. The molecule has 0 saturated carbocycles. The molecule has 7 nitrogen and oxygen atoms in total. The van der Waals surface area contributed by atoms with Crippen molar-refractivity contribution >= 4 is 16.0 Å². The van der Waals surface area contributed by atoms with Crippen LogP contribution in [0.3, 0.4) is 0 Å². The van der Waals surface area contributed by atoms with E-state index < -0.39 is 23.2 Å². The van der Waals surface area contributed by atoms with Crippen LogP contribution < -0.4 is 14.2 Å². The summed E-state index contributed by atoms with van der Waals surface area (Å²) in [6.07, 6.45) is 1.17. The van der Waals surface area contributed by atoms with Crippen molar-refractivity contribution in [3.63, 3.8) is 0 Å². The lowest BCUT2D eigenvalue weighted by molar-refractivity contribution is -0.0526. The van der Waals surface area contributed by atoms with E-state index in [2.05, 4.69) is 24.2 Å². The summed E-state index contributed by atoms with van der Waals surface area (Å²) in [6, 6.07) is 10.4. The van der Waals surface area contributed by atoms with E-state index in [0.29, 0.717) is 5.56 Å². The molecule has 0 aliphatic rings. The molecule has 0 amide bonds. The number of hydrogen-bond donors (Lipinski definition) is 1. The van der Waals surface area contributed by atoms with Crippen LogP contribution in [0.1, 0.15) is 5.56 Å². The van der Waals surface area contributed by atoms with Crippen molar-refractivity contribution in [2.75, 3.05) is 4.72 Å². The first-order valence-corrected chi connectivity index (χ1v) is 10.1. The van der Waals surface area contributed by atoms with Gasteiger partial charge in [0.25, 0.3) is 10.0 Å². The molecule has 1 N–H and O–H groups in total. The van der Waals surface area contributed by atoms with Crippen LogP contribution in [0.15, 0.2) is 59.6 Å². The number of alkyl halides is 4. The number of ether oxygens (including phenoxy) is 2. The minimum atomic E-state index is -4.04. The summed E-state index contributed by atoms with van der Waals surface area (Å²) in [4.78, 5) is 7.78. The molecule has 0 radical (unpaired) electrons. The molecule has 3 aromatic rings. The zero-order chi connectivity index (χ0) is 22.6. The van der Waals surface area contributed by atoms with Crippen LogP contribution in [0.5, 0.6) is 11.5 Å². The third-order valence-corrected chi connectivity index (χ3v) is 5.18. The zero-order valence-corrected chi connectivity index (χ0v) is 16.6. The Labute approximate surface area is 174 Å². The summed E-state index contributed by atoms with van der Waals surface area (Å²) in [7, 11) is -4.04. The standard InChI is InChI=1S/C19H15F4N3O4S/c1-11-3-2-4-13(9-11)31(27,28)26-19-24-8-7-15(25-19)14-10-12(29-17(20)21)5-6-16(14)30-18(22)23/h2-10,17-18H,1H3,(H,24,25,26). The Morgan fingerprint density at radius 2 is 1.71 bits per heavy atom. The van der Waals surface area contributed by atoms with E-state index >= 15 is 0 Å². The molecule has 164 valence electrons. The Morgan fingerprint density at radius 3 is 2.39 bits per heavy atom. The van der Waals surface area contributed by atoms with Crippen molar-refractivity contribution in [1.29, 1.82) is 0 Å². The number of halogens is 4. The summed E-state index contributed by atoms with van der Waals surface area (Å²) < 4.78 is 86.6. The maximum atomic E-state index is 12.8. The van der Waals surface area contributed by atoms with E-state index in [9.17, 15) is 26.0 Å². The van der Waals surface area contributed by atoms with Crippen LogP contribution in [-0.2, 0) is 10.0 Å². The molecule has 0 bridgehead atoms. The van der Waals surface area contributed by atoms with Crippen molar-refractivity contribution in [1.82, 2.24) is 9.97 Å². The van der Waals surface area contributed by atoms with E-state index in [0.717, 1.165) is 18.2 Å². The van der Waals surface area contributed by atoms with Crippen LogP contribution in [0, 0.1) is 6.92 Å². The highest BCUT2D eigenvalue weighted by atomic mass is 32.2. The molecular weight excluding hydrogens is 442 g/mol. The van der Waals surface area contributed by atoms with Crippen LogP contribution >= 0.6 is 0 Å². The molecule has 0 aliphatic carbocycles. The van der Waals surface area contributed by atoms with Gasteiger partial charge in [-0.25, -0.2) is 23.1 Å². The van der Waals surface area contributed by atoms with Gasteiger partial charge in [0.1, 0.15) is 11.5 Å². The molecule has 1 heterocycles. The van der Waals surface area contributed by atoms with Gasteiger partial charge in [0.15, 0.2) is 0 Å². The highest BCUT2D eigenvalue weighted by Gasteiger charge is 2.19. The van der Waals surface area contributed by atoms with E-state index in [1.807, 2.05) is 0 Å². The van der Waals surface area contributed by atoms with Crippen molar-refractivity contribution in [2.24, 2.45) is 0 Å². The number of aryl methyl sites for hydroxylation is 1. The fraction of sp³-hybridized carbons (Fsp3) is 0.158. The first-order chi connectivity index (χ1) is 14.6. The molecule has 0 spiro atoms. The maximum Gasteiger partial charge on any atom is 0.387 e. The number of benzene rings is 2. The Morgan fingerprint density at radius 1 is 0.968 bits per heavy atom. The molecule has 0 unspecified atom stereocenters. The van der Waals surface area contributed by atoms with Gasteiger partial charge in [-0.05, 0) is 48.9 Å². The second-order valence-corrected chi connectivity index (χ2v) is 7.78. The molecule has 1 aromatic heterocycles. The van der Waals surface area contributed by atoms with E-state index in [1.165, 1.54) is 24.4 Å². The number of hydrogen-bond acceptors (Lipinski definition) is 6. The topological polar surface area (TPSA) is 90.4 Å². The quantitative estimate of drug-likeness (QED) is 0.503. The average Bonchev–Trinajstić information content (AvgIpc) is 2.68. The first kappa shape index (κ1) is 22.3. The Hall–Kier alpha value is -3.41. The molecule has 12 heteroatoms. The summed E-state index contributed by atoms with van der Waals surface area (Å²) >= 11 is 0. The Kier molecular flexibility index (Phi) is 6.59. The highest BCUT2D eigenvalue weighted by molar-refractivity contribution is 7.92. The predicted octanol–water partition coefficient (Wildman–Crippen LogP) is 4.46. The van der Waals surface area contributed by atoms with Gasteiger partial charge in [0.05, 0.1) is 10.6 Å². The third-order valence-electron chi connectivity index (χ3n) is 3.85. The smallest absolute Gasteiger partial charge is 0.387 e. The van der Waals surface area contributed by atoms with Crippen molar-refractivity contribution in [2.45, 2.75) is 25.0 Å². The fourth-order valence-electron chi connectivity index (χ4n) is 2.60. The minimum Gasteiger partial charge on any atom is -0.435 e. The van der Waals surface area contributed by atoms with Crippen molar-refractivity contribution < 1.29 is 35.5 Å². The number of anilines is 1. The van der Waals surface area contributed by atoms with Crippen LogP contribution in [-0.4, -0.2) is 31.6 Å². The number of aromatic nitrogens is 2. The molecule has 2 aromatic carbocycles. The second kappa shape index (κ2) is 9.16. The zero-order valence-electron chi connectivity index (χ0n) is 15.8. The van der Waals surface area contributed by atoms with Gasteiger partial charge in [-0.2, -0.15) is 17.6 Å². The van der Waals surface area contributed by atoms with Crippen molar-refractivity contribution in [3.05, 3.63) is 60.3 Å². The lowest BCUT2D eigenvalue weighted by Gasteiger charge is -2.13. The maximum absolute atomic E-state index is 12.8. The Balaban J connectivity index is 1.98. The average molecular weight is 457 g/mol. The van der Waals surface area contributed by atoms with E-state index in [4.69, 9.17) is 0 Å². The molecular formula is C19H15F4N3O4S. The number of sulfonamides is 1. The number of rotatable bonds is 8. The van der Waals surface area contributed by atoms with Gasteiger partial charge in [0.2, 0.25) is 5.95 Å². The van der Waals surface area contributed by atoms with Gasteiger partial charge in [-0.3, -0.25) is 0 Å². The summed E-state index contributed by atoms with van der Waals surface area (Å²) in [6.45, 7) is -4.62. The SMILES string of the molecule is Cc1cccc(S(=O)(=O)Nc2nccc(-c3cc(OC(F)F)ccc3OC(F)F)n2)c1. The minimum absolute atomic E-state index is 0.0319. The second-order valence-electron chi connectivity index (χ2n) is 6.10. The monoisotopic (exact) mass is 457 g/mol. The van der Waals surface area contributed by atoms with Crippen molar-refractivity contribution in [3.8, 4) is 22.8 Å². The summed E-state index contributed by atoms with van der Waals surface area (Å²) in [5.74, 6) is -1.06. The van der Waals surface area contributed by atoms with Gasteiger partial charge in [-0.15, -0.1) is 0 Å². The van der Waals surface area contributed by atoms with E-state index in [1.54, 1.807) is 19.1 Å². The molecule has 0 aliphatic heterocycles. The Bertz CT molecular complexity index is 1180.